The van der Waals surface area contributed by atoms with Gasteiger partial charge < -0.3 is 10.0 Å². The summed E-state index contributed by atoms with van der Waals surface area (Å²) in [4.78, 5) is 24.1. The molecule has 1 aliphatic rings. The van der Waals surface area contributed by atoms with E-state index < -0.39 is 11.8 Å². The monoisotopic (exact) mass is 315 g/mol. The standard InChI is InChI=1S/C12H11BrFNO3/c13-10-4-8(14)1-2-9(10)12(18)15-5-7(6-15)3-11(16)17/h1-2,4,7H,3,5-6H2,(H,16,17). The Morgan fingerprint density at radius 1 is 1.44 bits per heavy atom. The number of carbonyl (C=O) groups is 2. The van der Waals surface area contributed by atoms with Crippen molar-refractivity contribution in [1.82, 2.24) is 4.90 Å². The number of halogens is 2. The predicted molar refractivity (Wildman–Crippen MR) is 65.7 cm³/mol. The zero-order chi connectivity index (χ0) is 13.3. The lowest BCUT2D eigenvalue weighted by Gasteiger charge is -2.38. The van der Waals surface area contributed by atoms with Gasteiger partial charge in [-0.2, -0.15) is 0 Å². The predicted octanol–water partition coefficient (Wildman–Crippen LogP) is 2.13. The number of rotatable bonds is 3. The molecule has 1 heterocycles. The van der Waals surface area contributed by atoms with E-state index in [1.807, 2.05) is 0 Å². The van der Waals surface area contributed by atoms with E-state index in [-0.39, 0.29) is 18.2 Å². The molecule has 2 rings (SSSR count). The topological polar surface area (TPSA) is 57.6 Å². The lowest BCUT2D eigenvalue weighted by molar-refractivity contribution is -0.139. The molecule has 0 radical (unpaired) electrons. The van der Waals surface area contributed by atoms with Crippen molar-refractivity contribution in [3.8, 4) is 0 Å². The van der Waals surface area contributed by atoms with Crippen LogP contribution < -0.4 is 0 Å². The van der Waals surface area contributed by atoms with E-state index in [4.69, 9.17) is 5.11 Å². The molecule has 0 bridgehead atoms. The lowest BCUT2D eigenvalue weighted by atomic mass is 9.95. The summed E-state index contributed by atoms with van der Waals surface area (Å²) in [6.45, 7) is 0.879. The zero-order valence-electron chi connectivity index (χ0n) is 9.40. The third-order valence-corrected chi connectivity index (χ3v) is 3.53. The first-order valence-corrected chi connectivity index (χ1v) is 6.23. The fraction of sp³-hybridized carbons (Fsp3) is 0.333. The molecule has 1 saturated heterocycles. The number of nitrogens with zero attached hydrogens (tertiary/aromatic N) is 1. The molecule has 1 aromatic rings. The highest BCUT2D eigenvalue weighted by atomic mass is 79.9. The molecular formula is C12H11BrFNO3. The van der Waals surface area contributed by atoms with Crippen LogP contribution in [0.5, 0.6) is 0 Å². The minimum absolute atomic E-state index is 0.0191. The largest absolute Gasteiger partial charge is 0.481 e. The summed E-state index contributed by atoms with van der Waals surface area (Å²) in [5.41, 5.74) is 0.394. The fourth-order valence-corrected chi connectivity index (χ4v) is 2.47. The summed E-state index contributed by atoms with van der Waals surface area (Å²) >= 11 is 3.14. The summed E-state index contributed by atoms with van der Waals surface area (Å²) in [6.07, 6.45) is 0.0777. The summed E-state index contributed by atoms with van der Waals surface area (Å²) in [7, 11) is 0. The molecule has 96 valence electrons. The molecule has 0 aliphatic carbocycles. The van der Waals surface area contributed by atoms with Gasteiger partial charge in [-0.15, -0.1) is 0 Å². The highest BCUT2D eigenvalue weighted by Crippen LogP contribution is 2.25. The molecule has 1 aliphatic heterocycles. The van der Waals surface area contributed by atoms with Gasteiger partial charge in [0, 0.05) is 23.5 Å². The van der Waals surface area contributed by atoms with Crippen molar-refractivity contribution < 1.29 is 19.1 Å². The highest BCUT2D eigenvalue weighted by Gasteiger charge is 2.33. The van der Waals surface area contributed by atoms with Gasteiger partial charge in [0.1, 0.15) is 5.82 Å². The summed E-state index contributed by atoms with van der Waals surface area (Å²) in [5.74, 6) is -1.45. The Morgan fingerprint density at radius 2 is 2.11 bits per heavy atom. The summed E-state index contributed by atoms with van der Waals surface area (Å²) in [5, 5.41) is 8.61. The molecule has 0 spiro atoms. The van der Waals surface area contributed by atoms with Gasteiger partial charge in [0.2, 0.25) is 0 Å². The lowest BCUT2D eigenvalue weighted by Crippen LogP contribution is -2.50. The average Bonchev–Trinajstić information content (AvgIpc) is 2.21. The smallest absolute Gasteiger partial charge is 0.303 e. The van der Waals surface area contributed by atoms with Crippen molar-refractivity contribution in [2.75, 3.05) is 13.1 Å². The number of benzene rings is 1. The minimum Gasteiger partial charge on any atom is -0.481 e. The zero-order valence-corrected chi connectivity index (χ0v) is 11.0. The molecule has 1 aromatic carbocycles. The summed E-state index contributed by atoms with van der Waals surface area (Å²) < 4.78 is 13.3. The van der Waals surface area contributed by atoms with Gasteiger partial charge in [-0.25, -0.2) is 4.39 Å². The van der Waals surface area contributed by atoms with Gasteiger partial charge in [-0.1, -0.05) is 0 Å². The molecule has 6 heteroatoms. The molecule has 1 amide bonds. The first kappa shape index (κ1) is 13.0. The van der Waals surface area contributed by atoms with Crippen LogP contribution in [0.25, 0.3) is 0 Å². The molecule has 0 atom stereocenters. The van der Waals surface area contributed by atoms with Gasteiger partial charge in [-0.3, -0.25) is 9.59 Å². The van der Waals surface area contributed by atoms with E-state index in [2.05, 4.69) is 15.9 Å². The van der Waals surface area contributed by atoms with Crippen LogP contribution >= 0.6 is 15.9 Å². The second kappa shape index (κ2) is 5.06. The van der Waals surface area contributed by atoms with Crippen LogP contribution in [-0.4, -0.2) is 35.0 Å². The Balaban J connectivity index is 1.99. The van der Waals surface area contributed by atoms with E-state index in [0.29, 0.717) is 23.1 Å². The van der Waals surface area contributed by atoms with Crippen LogP contribution in [0, 0.1) is 11.7 Å². The Labute approximate surface area is 112 Å². The Kier molecular flexibility index (Phi) is 3.65. The number of hydrogen-bond acceptors (Lipinski definition) is 2. The van der Waals surface area contributed by atoms with E-state index in [0.717, 1.165) is 0 Å². The SMILES string of the molecule is O=C(O)CC1CN(C(=O)c2ccc(F)cc2Br)C1. The molecule has 4 nitrogen and oxygen atoms in total. The normalized spacial score (nSPS) is 15.3. The molecule has 1 fully saturated rings. The second-order valence-corrected chi connectivity index (χ2v) is 5.15. The number of likely N-dealkylation sites (tertiary alicyclic amines) is 1. The van der Waals surface area contributed by atoms with Gasteiger partial charge >= 0.3 is 5.97 Å². The Hall–Kier alpha value is -1.43. The molecule has 1 N–H and O–H groups in total. The molecule has 0 saturated carbocycles. The van der Waals surface area contributed by atoms with Gasteiger partial charge in [0.05, 0.1) is 12.0 Å². The number of carboxylic acid groups (broad SMARTS) is 1. The van der Waals surface area contributed by atoms with Crippen molar-refractivity contribution in [3.63, 3.8) is 0 Å². The number of amides is 1. The second-order valence-electron chi connectivity index (χ2n) is 4.30. The first-order valence-electron chi connectivity index (χ1n) is 5.43. The number of aliphatic carboxylic acids is 1. The maximum absolute atomic E-state index is 12.9. The first-order chi connectivity index (χ1) is 8.47. The van der Waals surface area contributed by atoms with Gasteiger partial charge in [-0.05, 0) is 34.1 Å². The maximum Gasteiger partial charge on any atom is 0.303 e. The average molecular weight is 316 g/mol. The van der Waals surface area contributed by atoms with Crippen LogP contribution in [0.3, 0.4) is 0 Å². The van der Waals surface area contributed by atoms with E-state index in [1.165, 1.54) is 18.2 Å². The molecule has 0 aromatic heterocycles. The van der Waals surface area contributed by atoms with Crippen molar-refractivity contribution in [1.29, 1.82) is 0 Å². The van der Waals surface area contributed by atoms with Crippen molar-refractivity contribution in [2.45, 2.75) is 6.42 Å². The summed E-state index contributed by atoms with van der Waals surface area (Å²) in [6, 6.07) is 3.89. The minimum atomic E-state index is -0.852. The number of hydrogen-bond donors (Lipinski definition) is 1. The molecule has 0 unspecified atom stereocenters. The maximum atomic E-state index is 12.9. The van der Waals surface area contributed by atoms with E-state index in [1.54, 1.807) is 4.90 Å². The van der Waals surface area contributed by atoms with Crippen LogP contribution in [0.2, 0.25) is 0 Å². The molecular weight excluding hydrogens is 305 g/mol. The Morgan fingerprint density at radius 3 is 2.67 bits per heavy atom. The fourth-order valence-electron chi connectivity index (χ4n) is 1.95. The Bertz CT molecular complexity index is 500. The number of carbonyl (C=O) groups excluding carboxylic acids is 1. The quantitative estimate of drug-likeness (QED) is 0.929. The van der Waals surface area contributed by atoms with Gasteiger partial charge in [0.15, 0.2) is 0 Å². The molecule has 18 heavy (non-hydrogen) atoms. The van der Waals surface area contributed by atoms with Gasteiger partial charge in [0.25, 0.3) is 5.91 Å². The van der Waals surface area contributed by atoms with Crippen LogP contribution in [0.4, 0.5) is 4.39 Å². The third-order valence-electron chi connectivity index (χ3n) is 2.87. The van der Waals surface area contributed by atoms with Crippen molar-refractivity contribution >= 4 is 27.8 Å². The van der Waals surface area contributed by atoms with Crippen LogP contribution in [0.15, 0.2) is 22.7 Å². The third kappa shape index (κ3) is 2.69. The van der Waals surface area contributed by atoms with Crippen LogP contribution in [0.1, 0.15) is 16.8 Å². The van der Waals surface area contributed by atoms with Crippen molar-refractivity contribution in [2.24, 2.45) is 5.92 Å². The van der Waals surface area contributed by atoms with Crippen LogP contribution in [-0.2, 0) is 4.79 Å². The highest BCUT2D eigenvalue weighted by molar-refractivity contribution is 9.10. The van der Waals surface area contributed by atoms with E-state index in [9.17, 15) is 14.0 Å². The van der Waals surface area contributed by atoms with E-state index >= 15 is 0 Å². The van der Waals surface area contributed by atoms with Crippen molar-refractivity contribution in [3.05, 3.63) is 34.1 Å². The number of carboxylic acids is 1.